The van der Waals surface area contributed by atoms with E-state index >= 15 is 0 Å². The van der Waals surface area contributed by atoms with Gasteiger partial charge in [0.25, 0.3) is 0 Å². The third-order valence-electron chi connectivity index (χ3n) is 2.62. The molecule has 0 aromatic heterocycles. The van der Waals surface area contributed by atoms with Gasteiger partial charge < -0.3 is 9.84 Å². The van der Waals surface area contributed by atoms with E-state index in [1.165, 1.54) is 6.07 Å². The van der Waals surface area contributed by atoms with Crippen LogP contribution in [0.25, 0.3) is 10.8 Å². The molecule has 1 N–H and O–H groups in total. The molecule has 0 unspecified atom stereocenters. The molecule has 2 aromatic rings. The van der Waals surface area contributed by atoms with E-state index < -0.39 is 11.9 Å². The molecule has 0 radical (unpaired) electrons. The fourth-order valence-corrected chi connectivity index (χ4v) is 1.75. The van der Waals surface area contributed by atoms with Crippen LogP contribution >= 0.6 is 0 Å². The first-order valence-electron chi connectivity index (χ1n) is 5.59. The van der Waals surface area contributed by atoms with Crippen molar-refractivity contribution in [3.63, 3.8) is 0 Å². The normalized spacial score (nSPS) is 10.3. The lowest BCUT2D eigenvalue weighted by atomic mass is 10.0. The average Bonchev–Trinajstić information content (AvgIpc) is 2.37. The monoisotopic (exact) mass is 244 g/mol. The van der Waals surface area contributed by atoms with Crippen molar-refractivity contribution in [2.75, 3.05) is 0 Å². The topological polar surface area (TPSA) is 63.6 Å². The van der Waals surface area contributed by atoms with Crippen molar-refractivity contribution in [1.82, 2.24) is 0 Å². The summed E-state index contributed by atoms with van der Waals surface area (Å²) in [6, 6.07) is 10.3. The second kappa shape index (κ2) is 4.87. The summed E-state index contributed by atoms with van der Waals surface area (Å²) < 4.78 is 5.04. The van der Waals surface area contributed by atoms with Gasteiger partial charge in [-0.2, -0.15) is 0 Å². The quantitative estimate of drug-likeness (QED) is 0.666. The van der Waals surface area contributed by atoms with Gasteiger partial charge in [-0.1, -0.05) is 37.3 Å². The number of hydrogen-bond donors (Lipinski definition) is 1. The summed E-state index contributed by atoms with van der Waals surface area (Å²) >= 11 is 0. The van der Waals surface area contributed by atoms with Gasteiger partial charge in [0.05, 0.1) is 0 Å². The molecule has 0 saturated heterocycles. The van der Waals surface area contributed by atoms with Crippen LogP contribution in [0, 0.1) is 0 Å². The van der Waals surface area contributed by atoms with Crippen molar-refractivity contribution in [2.45, 2.75) is 13.3 Å². The molecule has 0 heterocycles. The van der Waals surface area contributed by atoms with Gasteiger partial charge in [0.15, 0.2) is 0 Å². The Bertz CT molecular complexity index is 616. The molecule has 0 aliphatic rings. The molecular formula is C14H12O4. The highest BCUT2D eigenvalue weighted by Crippen LogP contribution is 2.28. The van der Waals surface area contributed by atoms with E-state index in [-0.39, 0.29) is 17.7 Å². The summed E-state index contributed by atoms with van der Waals surface area (Å²) in [7, 11) is 0. The summed E-state index contributed by atoms with van der Waals surface area (Å²) in [6.07, 6.45) is 0.200. The zero-order valence-electron chi connectivity index (χ0n) is 9.84. The van der Waals surface area contributed by atoms with Gasteiger partial charge in [0, 0.05) is 6.42 Å². The van der Waals surface area contributed by atoms with E-state index in [9.17, 15) is 14.7 Å². The van der Waals surface area contributed by atoms with Crippen LogP contribution in [0.2, 0.25) is 0 Å². The van der Waals surface area contributed by atoms with Gasteiger partial charge in [-0.05, 0) is 16.8 Å². The fraction of sp³-hybridized carbons (Fsp3) is 0.143. The first-order chi connectivity index (χ1) is 8.63. The SMILES string of the molecule is CCC(=O)Oc1ccc2ccccc2c1C(=O)O. The molecule has 92 valence electrons. The minimum Gasteiger partial charge on any atom is -0.478 e. The van der Waals surface area contributed by atoms with Gasteiger partial charge in [-0.3, -0.25) is 4.79 Å². The largest absolute Gasteiger partial charge is 0.478 e. The second-order valence-corrected chi connectivity index (χ2v) is 3.79. The van der Waals surface area contributed by atoms with Gasteiger partial charge in [0.1, 0.15) is 11.3 Å². The number of hydrogen-bond acceptors (Lipinski definition) is 3. The van der Waals surface area contributed by atoms with E-state index in [0.29, 0.717) is 5.39 Å². The van der Waals surface area contributed by atoms with Crippen LogP contribution in [0.15, 0.2) is 36.4 Å². The Balaban J connectivity index is 2.63. The molecule has 0 aliphatic heterocycles. The molecule has 0 fully saturated rings. The lowest BCUT2D eigenvalue weighted by Gasteiger charge is -2.09. The molecule has 4 heteroatoms. The van der Waals surface area contributed by atoms with Crippen molar-refractivity contribution in [3.05, 3.63) is 42.0 Å². The maximum atomic E-state index is 11.3. The molecule has 2 rings (SSSR count). The second-order valence-electron chi connectivity index (χ2n) is 3.79. The first kappa shape index (κ1) is 12.1. The molecule has 0 aliphatic carbocycles. The lowest BCUT2D eigenvalue weighted by Crippen LogP contribution is -2.10. The lowest BCUT2D eigenvalue weighted by molar-refractivity contribution is -0.134. The maximum Gasteiger partial charge on any atom is 0.340 e. The van der Waals surface area contributed by atoms with Crippen LogP contribution in [0.3, 0.4) is 0 Å². The Kier molecular flexibility index (Phi) is 3.28. The Labute approximate surface area is 104 Å². The average molecular weight is 244 g/mol. The smallest absolute Gasteiger partial charge is 0.340 e. The maximum absolute atomic E-state index is 11.3. The Morgan fingerprint density at radius 3 is 2.56 bits per heavy atom. The Morgan fingerprint density at radius 1 is 1.17 bits per heavy atom. The summed E-state index contributed by atoms with van der Waals surface area (Å²) in [5, 5.41) is 10.6. The molecule has 18 heavy (non-hydrogen) atoms. The summed E-state index contributed by atoms with van der Waals surface area (Å²) in [5.41, 5.74) is 0.0231. The number of carboxylic acids is 1. The Morgan fingerprint density at radius 2 is 1.89 bits per heavy atom. The molecule has 0 spiro atoms. The zero-order chi connectivity index (χ0) is 13.1. The van der Waals surface area contributed by atoms with E-state index in [2.05, 4.69) is 0 Å². The number of aromatic carboxylic acids is 1. The number of carboxylic acid groups (broad SMARTS) is 1. The highest BCUT2D eigenvalue weighted by Gasteiger charge is 2.17. The first-order valence-corrected chi connectivity index (χ1v) is 5.59. The molecule has 4 nitrogen and oxygen atoms in total. The molecule has 0 saturated carbocycles. The summed E-state index contributed by atoms with van der Waals surface area (Å²) in [5.74, 6) is -1.47. The van der Waals surface area contributed by atoms with E-state index in [0.717, 1.165) is 5.39 Å². The van der Waals surface area contributed by atoms with E-state index in [1.807, 2.05) is 12.1 Å². The fourth-order valence-electron chi connectivity index (χ4n) is 1.75. The molecule has 0 bridgehead atoms. The van der Waals surface area contributed by atoms with Crippen LogP contribution in [0.1, 0.15) is 23.7 Å². The summed E-state index contributed by atoms with van der Waals surface area (Å²) in [6.45, 7) is 1.66. The minimum absolute atomic E-state index is 0.0231. The Hall–Kier alpha value is -2.36. The third-order valence-corrected chi connectivity index (χ3v) is 2.62. The van der Waals surface area contributed by atoms with E-state index in [4.69, 9.17) is 4.74 Å². The minimum atomic E-state index is -1.11. The highest BCUT2D eigenvalue weighted by molar-refractivity contribution is 6.06. The van der Waals surface area contributed by atoms with Crippen LogP contribution in [-0.2, 0) is 4.79 Å². The van der Waals surface area contributed by atoms with Crippen LogP contribution in [0.5, 0.6) is 5.75 Å². The van der Waals surface area contributed by atoms with Gasteiger partial charge in [-0.15, -0.1) is 0 Å². The van der Waals surface area contributed by atoms with Gasteiger partial charge in [0.2, 0.25) is 0 Å². The predicted molar refractivity (Wildman–Crippen MR) is 66.8 cm³/mol. The van der Waals surface area contributed by atoms with Crippen LogP contribution in [-0.4, -0.2) is 17.0 Å². The van der Waals surface area contributed by atoms with Crippen molar-refractivity contribution in [1.29, 1.82) is 0 Å². The van der Waals surface area contributed by atoms with Gasteiger partial charge in [-0.25, -0.2) is 4.79 Å². The standard InChI is InChI=1S/C14H12O4/c1-2-12(15)18-11-8-7-9-5-3-4-6-10(9)13(11)14(16)17/h3-8H,2H2,1H3,(H,16,17). The number of rotatable bonds is 3. The number of carbonyl (C=O) groups excluding carboxylic acids is 1. The van der Waals surface area contributed by atoms with Crippen LogP contribution in [0.4, 0.5) is 0 Å². The number of benzene rings is 2. The predicted octanol–water partition coefficient (Wildman–Crippen LogP) is 2.85. The molecule has 2 aromatic carbocycles. The highest BCUT2D eigenvalue weighted by atomic mass is 16.5. The summed E-state index contributed by atoms with van der Waals surface area (Å²) in [4.78, 5) is 22.6. The van der Waals surface area contributed by atoms with Crippen molar-refractivity contribution in [3.8, 4) is 5.75 Å². The number of ether oxygens (including phenoxy) is 1. The molecule has 0 atom stereocenters. The van der Waals surface area contributed by atoms with Crippen molar-refractivity contribution < 1.29 is 19.4 Å². The number of fused-ring (bicyclic) bond motifs is 1. The van der Waals surface area contributed by atoms with Crippen molar-refractivity contribution in [2.24, 2.45) is 0 Å². The van der Waals surface area contributed by atoms with E-state index in [1.54, 1.807) is 25.1 Å². The zero-order valence-corrected chi connectivity index (χ0v) is 9.84. The number of esters is 1. The third kappa shape index (κ3) is 2.18. The van der Waals surface area contributed by atoms with Gasteiger partial charge >= 0.3 is 11.9 Å². The van der Waals surface area contributed by atoms with Crippen LogP contribution < -0.4 is 4.74 Å². The number of carbonyl (C=O) groups is 2. The van der Waals surface area contributed by atoms with Crippen molar-refractivity contribution >= 4 is 22.7 Å². The molecule has 0 amide bonds. The molecular weight excluding hydrogens is 232 g/mol.